The normalized spacial score (nSPS) is 19.2. The molecule has 0 radical (unpaired) electrons. The zero-order valence-corrected chi connectivity index (χ0v) is 34.5. The molecule has 5 atom stereocenters. The van der Waals surface area contributed by atoms with Gasteiger partial charge in [0, 0.05) is 29.6 Å². The highest BCUT2D eigenvalue weighted by atomic mass is 32.2. The number of ether oxygens (including phenoxy) is 5. The summed E-state index contributed by atoms with van der Waals surface area (Å²) in [6.45, 7) is 2.22. The van der Waals surface area contributed by atoms with Crippen molar-refractivity contribution in [3.8, 4) is 0 Å². The van der Waals surface area contributed by atoms with Crippen molar-refractivity contribution in [3.63, 3.8) is 0 Å². The van der Waals surface area contributed by atoms with Crippen molar-refractivity contribution in [1.29, 1.82) is 0 Å². The van der Waals surface area contributed by atoms with E-state index in [1.54, 1.807) is 36.5 Å². The molecule has 1 aliphatic heterocycles. The van der Waals surface area contributed by atoms with E-state index in [0.29, 0.717) is 51.3 Å². The summed E-state index contributed by atoms with van der Waals surface area (Å²) < 4.78 is 63.4. The van der Waals surface area contributed by atoms with Gasteiger partial charge in [0.25, 0.3) is 10.0 Å². The lowest BCUT2D eigenvalue weighted by Crippen LogP contribution is -2.61. The summed E-state index contributed by atoms with van der Waals surface area (Å²) in [6, 6.07) is 46.2. The van der Waals surface area contributed by atoms with Gasteiger partial charge in [-0.25, -0.2) is 12.4 Å². The monoisotopic (exact) mass is 828 g/mol. The van der Waals surface area contributed by atoms with Gasteiger partial charge in [-0.2, -0.15) is 0 Å². The summed E-state index contributed by atoms with van der Waals surface area (Å²) in [5.41, 5.74) is 13.2. The molecule has 6 aromatic rings. The Balaban J connectivity index is 1.21. The first-order chi connectivity index (χ1) is 29.5. The first kappa shape index (κ1) is 42.8. The fourth-order valence-corrected chi connectivity index (χ4v) is 9.09. The Bertz CT molecular complexity index is 2360. The van der Waals surface area contributed by atoms with Gasteiger partial charge in [0.05, 0.1) is 42.9 Å². The Labute approximate surface area is 352 Å². The number of nitrogens with zero attached hydrogens (tertiary/aromatic N) is 4. The average molecular weight is 829 g/mol. The van der Waals surface area contributed by atoms with Gasteiger partial charge < -0.3 is 23.7 Å². The quantitative estimate of drug-likeness (QED) is 0.0288. The van der Waals surface area contributed by atoms with Gasteiger partial charge in [-0.1, -0.05) is 139 Å². The van der Waals surface area contributed by atoms with E-state index in [1.165, 1.54) is 3.97 Å². The number of aryl methyl sites for hydroxylation is 1. The molecule has 0 unspecified atom stereocenters. The largest absolute Gasteiger partial charge is 0.379 e. The van der Waals surface area contributed by atoms with Gasteiger partial charge in [-0.15, -0.1) is 0 Å². The van der Waals surface area contributed by atoms with Crippen LogP contribution in [0.1, 0.15) is 47.9 Å². The Kier molecular flexibility index (Phi) is 15.6. The van der Waals surface area contributed by atoms with Crippen molar-refractivity contribution >= 4 is 20.9 Å². The Hall–Kier alpha value is -5.30. The van der Waals surface area contributed by atoms with Gasteiger partial charge in [0.2, 0.25) is 0 Å². The van der Waals surface area contributed by atoms with Crippen molar-refractivity contribution in [2.24, 2.45) is 5.11 Å². The van der Waals surface area contributed by atoms with Gasteiger partial charge in [0.1, 0.15) is 24.4 Å². The molecule has 1 aromatic heterocycles. The van der Waals surface area contributed by atoms with Crippen molar-refractivity contribution in [1.82, 2.24) is 3.97 Å². The van der Waals surface area contributed by atoms with Crippen LogP contribution in [0, 0.1) is 0 Å². The van der Waals surface area contributed by atoms with E-state index in [9.17, 15) is 8.42 Å². The Morgan fingerprint density at radius 1 is 0.633 bits per heavy atom. The molecule has 312 valence electrons. The lowest BCUT2D eigenvalue weighted by atomic mass is 9.90. The first-order valence-electron chi connectivity index (χ1n) is 20.6. The lowest BCUT2D eigenvalue weighted by molar-refractivity contribution is -0.273. The van der Waals surface area contributed by atoms with E-state index >= 15 is 0 Å². The highest BCUT2D eigenvalue weighted by Crippen LogP contribution is 2.34. The molecule has 0 amide bonds. The van der Waals surface area contributed by atoms with E-state index in [0.717, 1.165) is 46.9 Å². The molecule has 5 aromatic carbocycles. The summed E-state index contributed by atoms with van der Waals surface area (Å²) in [7, 11) is -3.86. The lowest BCUT2D eigenvalue weighted by Gasteiger charge is -2.46. The van der Waals surface area contributed by atoms with Crippen LogP contribution >= 0.6 is 0 Å². The molecule has 1 saturated heterocycles. The highest BCUT2D eigenvalue weighted by Gasteiger charge is 2.48. The molecule has 0 spiro atoms. The maximum Gasteiger partial charge on any atom is 0.268 e. The van der Waals surface area contributed by atoms with E-state index < -0.39 is 40.5 Å². The number of unbranched alkanes of at least 4 members (excludes halogenated alkanes) is 2. The van der Waals surface area contributed by atoms with E-state index in [4.69, 9.17) is 29.2 Å². The third-order valence-electron chi connectivity index (χ3n) is 10.7. The number of para-hydroxylation sites is 1. The standard InChI is InChI=1S/C48H52N4O7S/c49-51-50-30-16-5-17-31-55-36-45-47(57-34-38-20-8-2-9-21-38)48(58-35-39-22-10-3-11-23-39)46(56-33-37-18-6-1-7-19-37)44(59-45)29-28-40-32-52(43-27-15-14-26-42(40)43)60(53,54)41-24-12-4-13-25-41/h1-4,6-15,18-27,32,44-48H,5,16-17,28-31,33-36H2/t44-,45+,46-,47+,48+/m1/s1. The van der Waals surface area contributed by atoms with Crippen LogP contribution in [0.15, 0.2) is 162 Å². The topological polar surface area (TPSA) is 134 Å². The number of aromatic nitrogens is 1. The highest BCUT2D eigenvalue weighted by molar-refractivity contribution is 7.90. The minimum atomic E-state index is -3.86. The zero-order chi connectivity index (χ0) is 41.4. The molecular formula is C48H52N4O7S. The number of hydrogen-bond acceptors (Lipinski definition) is 8. The van der Waals surface area contributed by atoms with Gasteiger partial charge in [-0.05, 0) is 71.7 Å². The van der Waals surface area contributed by atoms with Crippen LogP contribution in [-0.4, -0.2) is 62.7 Å². The maximum absolute atomic E-state index is 14.0. The van der Waals surface area contributed by atoms with Gasteiger partial charge >= 0.3 is 0 Å². The molecule has 0 bridgehead atoms. The molecule has 1 fully saturated rings. The Morgan fingerprint density at radius 2 is 1.17 bits per heavy atom. The summed E-state index contributed by atoms with van der Waals surface area (Å²) in [5.74, 6) is 0. The van der Waals surface area contributed by atoms with Crippen LogP contribution < -0.4 is 0 Å². The smallest absolute Gasteiger partial charge is 0.268 e. The van der Waals surface area contributed by atoms with Crippen LogP contribution in [0.3, 0.4) is 0 Å². The molecule has 60 heavy (non-hydrogen) atoms. The minimum absolute atomic E-state index is 0.223. The number of fused-ring (bicyclic) bond motifs is 1. The van der Waals surface area contributed by atoms with Crippen LogP contribution in [0.5, 0.6) is 0 Å². The molecule has 0 N–H and O–H groups in total. The predicted molar refractivity (Wildman–Crippen MR) is 232 cm³/mol. The summed E-state index contributed by atoms with van der Waals surface area (Å²) in [5, 5.41) is 4.50. The van der Waals surface area contributed by atoms with Crippen molar-refractivity contribution in [2.45, 2.75) is 87.3 Å². The zero-order valence-electron chi connectivity index (χ0n) is 33.7. The molecule has 7 rings (SSSR count). The fraction of sp³-hybridized carbons (Fsp3) is 0.333. The van der Waals surface area contributed by atoms with E-state index in [1.807, 2.05) is 115 Å². The third-order valence-corrected chi connectivity index (χ3v) is 12.4. The SMILES string of the molecule is [N-]=[N+]=NCCCCCOC[C@@H]1O[C@H](CCc2cn(S(=O)(=O)c3ccccc3)c3ccccc23)[C@@H](OCc2ccccc2)[C@H](OCc2ccccc2)[C@H]1OCc1ccccc1. The van der Waals surface area contributed by atoms with Gasteiger partial charge in [0.15, 0.2) is 0 Å². The number of rotatable bonds is 22. The molecular weight excluding hydrogens is 777 g/mol. The molecule has 1 aliphatic rings. The van der Waals surface area contributed by atoms with Crippen LogP contribution in [0.25, 0.3) is 21.3 Å². The molecule has 0 saturated carbocycles. The predicted octanol–water partition coefficient (Wildman–Crippen LogP) is 9.83. The molecule has 0 aliphatic carbocycles. The molecule has 11 nitrogen and oxygen atoms in total. The first-order valence-corrected chi connectivity index (χ1v) is 22.1. The van der Waals surface area contributed by atoms with Crippen molar-refractivity contribution in [2.75, 3.05) is 19.8 Å². The molecule has 12 heteroatoms. The minimum Gasteiger partial charge on any atom is -0.379 e. The van der Waals surface area contributed by atoms with E-state index in [2.05, 4.69) is 10.0 Å². The molecule has 2 heterocycles. The third kappa shape index (κ3) is 11.3. The van der Waals surface area contributed by atoms with Crippen molar-refractivity contribution in [3.05, 3.63) is 184 Å². The number of azide groups is 1. The fourth-order valence-electron chi connectivity index (χ4n) is 7.68. The number of hydrogen-bond donors (Lipinski definition) is 0. The summed E-state index contributed by atoms with van der Waals surface area (Å²) in [4.78, 5) is 3.07. The second kappa shape index (κ2) is 21.8. The Morgan fingerprint density at radius 3 is 1.77 bits per heavy atom. The van der Waals surface area contributed by atoms with Crippen LogP contribution in [0.4, 0.5) is 0 Å². The van der Waals surface area contributed by atoms with E-state index in [-0.39, 0.29) is 11.5 Å². The second-order valence-electron chi connectivity index (χ2n) is 14.9. The van der Waals surface area contributed by atoms with Crippen molar-refractivity contribution < 1.29 is 32.1 Å². The summed E-state index contributed by atoms with van der Waals surface area (Å²) >= 11 is 0. The van der Waals surface area contributed by atoms with Gasteiger partial charge in [-0.3, -0.25) is 0 Å². The second-order valence-corrected chi connectivity index (χ2v) is 16.7. The maximum atomic E-state index is 14.0. The average Bonchev–Trinajstić information content (AvgIpc) is 3.68. The number of benzene rings is 5. The summed E-state index contributed by atoms with van der Waals surface area (Å²) in [6.07, 6.45) is 2.54. The van der Waals surface area contributed by atoms with Crippen LogP contribution in [0.2, 0.25) is 0 Å². The van der Waals surface area contributed by atoms with Crippen LogP contribution in [-0.2, 0) is 59.9 Å².